The number of nitriles is 1. The SMILES string of the molecule is N#Cc1ccc(Cn2nccc2-c2cc(C(F)(F)F)c3nnn(-c4ccc5cn[nH]c5c4)c3c2)cc1. The van der Waals surface area contributed by atoms with E-state index in [2.05, 4.69) is 31.7 Å². The predicted molar refractivity (Wildman–Crippen MR) is 125 cm³/mol. The van der Waals surface area contributed by atoms with E-state index in [1.54, 1.807) is 59.4 Å². The average Bonchev–Trinajstić information content (AvgIpc) is 3.62. The molecule has 0 amide bonds. The Hall–Kier alpha value is -4.98. The fourth-order valence-corrected chi connectivity index (χ4v) is 4.20. The lowest BCUT2D eigenvalue weighted by atomic mass is 10.0. The lowest BCUT2D eigenvalue weighted by Gasteiger charge is -2.13. The van der Waals surface area contributed by atoms with Crippen LogP contribution in [0.15, 0.2) is 73.1 Å². The molecule has 6 aromatic rings. The van der Waals surface area contributed by atoms with Crippen molar-refractivity contribution in [1.29, 1.82) is 5.26 Å². The van der Waals surface area contributed by atoms with Gasteiger partial charge in [-0.2, -0.15) is 28.6 Å². The van der Waals surface area contributed by atoms with Gasteiger partial charge in [0.25, 0.3) is 0 Å². The van der Waals surface area contributed by atoms with E-state index in [0.717, 1.165) is 22.5 Å². The van der Waals surface area contributed by atoms with Crippen LogP contribution in [0.4, 0.5) is 13.2 Å². The molecule has 11 heteroatoms. The Balaban J connectivity index is 1.50. The molecule has 0 aliphatic carbocycles. The third-order valence-electron chi connectivity index (χ3n) is 5.96. The number of alkyl halides is 3. The number of hydrogen-bond acceptors (Lipinski definition) is 5. The molecule has 3 aromatic heterocycles. The molecule has 0 saturated heterocycles. The van der Waals surface area contributed by atoms with E-state index >= 15 is 0 Å². The summed E-state index contributed by atoms with van der Waals surface area (Å²) in [4.78, 5) is 0. The summed E-state index contributed by atoms with van der Waals surface area (Å²) in [5.41, 5.74) is 2.57. The quantitative estimate of drug-likeness (QED) is 0.375. The Morgan fingerprint density at radius 3 is 2.61 bits per heavy atom. The number of halogens is 3. The fourth-order valence-electron chi connectivity index (χ4n) is 4.20. The molecule has 6 rings (SSSR count). The molecule has 8 nitrogen and oxygen atoms in total. The van der Waals surface area contributed by atoms with Crippen LogP contribution in [0.2, 0.25) is 0 Å². The van der Waals surface area contributed by atoms with Crippen LogP contribution in [-0.2, 0) is 12.7 Å². The highest BCUT2D eigenvalue weighted by molar-refractivity contribution is 5.87. The van der Waals surface area contributed by atoms with Gasteiger partial charge in [-0.25, -0.2) is 4.68 Å². The van der Waals surface area contributed by atoms with Crippen LogP contribution in [0.5, 0.6) is 0 Å². The van der Waals surface area contributed by atoms with Crippen molar-refractivity contribution in [2.45, 2.75) is 12.7 Å². The van der Waals surface area contributed by atoms with Crippen molar-refractivity contribution < 1.29 is 13.2 Å². The summed E-state index contributed by atoms with van der Waals surface area (Å²) >= 11 is 0. The number of aromatic nitrogens is 7. The van der Waals surface area contributed by atoms with Gasteiger partial charge in [-0.3, -0.25) is 9.78 Å². The summed E-state index contributed by atoms with van der Waals surface area (Å²) < 4.78 is 45.3. The maximum Gasteiger partial charge on any atom is 0.418 e. The topological polar surface area (TPSA) is 101 Å². The standard InChI is InChI=1S/C25H15F3N8/c26-25(27,28)20-9-18(22-7-8-31-35(22)14-16-3-1-15(12-29)2-4-16)10-23-24(20)33-34-36(23)19-6-5-17-13-30-32-21(17)11-19/h1-11,13H,14H2,(H,30,32). The highest BCUT2D eigenvalue weighted by Gasteiger charge is 2.35. The summed E-state index contributed by atoms with van der Waals surface area (Å²) in [6.07, 6.45) is -1.44. The molecular weight excluding hydrogens is 469 g/mol. The zero-order valence-corrected chi connectivity index (χ0v) is 18.4. The summed E-state index contributed by atoms with van der Waals surface area (Å²) in [5, 5.41) is 29.0. The average molecular weight is 484 g/mol. The molecule has 176 valence electrons. The van der Waals surface area contributed by atoms with Crippen LogP contribution in [0.25, 0.3) is 38.9 Å². The summed E-state index contributed by atoms with van der Waals surface area (Å²) in [6.45, 7) is 0.321. The van der Waals surface area contributed by atoms with E-state index in [0.29, 0.717) is 29.1 Å². The molecule has 0 aliphatic rings. The van der Waals surface area contributed by atoms with Crippen molar-refractivity contribution in [3.05, 3.63) is 89.7 Å². The van der Waals surface area contributed by atoms with E-state index in [9.17, 15) is 13.2 Å². The molecule has 0 bridgehead atoms. The van der Waals surface area contributed by atoms with Gasteiger partial charge in [0.15, 0.2) is 0 Å². The number of nitrogens with one attached hydrogen (secondary N) is 1. The van der Waals surface area contributed by atoms with Crippen LogP contribution in [0, 0.1) is 11.3 Å². The molecule has 0 unspecified atom stereocenters. The molecule has 3 aromatic carbocycles. The normalized spacial score (nSPS) is 11.8. The fraction of sp³-hybridized carbons (Fsp3) is 0.0800. The highest BCUT2D eigenvalue weighted by atomic mass is 19.4. The van der Waals surface area contributed by atoms with Crippen molar-refractivity contribution in [3.63, 3.8) is 0 Å². The van der Waals surface area contributed by atoms with Crippen molar-refractivity contribution in [2.24, 2.45) is 0 Å². The monoisotopic (exact) mass is 484 g/mol. The van der Waals surface area contributed by atoms with Gasteiger partial charge in [0, 0.05) is 17.1 Å². The molecule has 0 fully saturated rings. The molecule has 0 radical (unpaired) electrons. The third-order valence-corrected chi connectivity index (χ3v) is 5.96. The Morgan fingerprint density at radius 2 is 1.83 bits per heavy atom. The van der Waals surface area contributed by atoms with Gasteiger partial charge in [0.1, 0.15) is 5.52 Å². The van der Waals surface area contributed by atoms with Crippen LogP contribution in [0.3, 0.4) is 0 Å². The predicted octanol–water partition coefficient (Wildman–Crippen LogP) is 5.10. The van der Waals surface area contributed by atoms with Crippen LogP contribution < -0.4 is 0 Å². The number of rotatable bonds is 4. The number of fused-ring (bicyclic) bond motifs is 2. The summed E-state index contributed by atoms with van der Waals surface area (Å²) in [6, 6.07) is 18.7. The van der Waals surface area contributed by atoms with Gasteiger partial charge in [0.05, 0.1) is 52.4 Å². The Bertz CT molecular complexity index is 1770. The highest BCUT2D eigenvalue weighted by Crippen LogP contribution is 2.38. The number of aromatic amines is 1. The molecule has 1 N–H and O–H groups in total. The second-order valence-corrected chi connectivity index (χ2v) is 8.21. The maximum atomic E-state index is 14.1. The van der Waals surface area contributed by atoms with Crippen molar-refractivity contribution in [3.8, 4) is 23.0 Å². The van der Waals surface area contributed by atoms with Crippen LogP contribution in [0.1, 0.15) is 16.7 Å². The molecular formula is C25H15F3N8. The minimum absolute atomic E-state index is 0.213. The minimum atomic E-state index is -4.64. The van der Waals surface area contributed by atoms with E-state index in [1.807, 2.05) is 6.07 Å². The first-order chi connectivity index (χ1) is 17.4. The van der Waals surface area contributed by atoms with Gasteiger partial charge in [-0.05, 0) is 54.1 Å². The van der Waals surface area contributed by atoms with E-state index in [-0.39, 0.29) is 11.0 Å². The summed E-state index contributed by atoms with van der Waals surface area (Å²) in [7, 11) is 0. The van der Waals surface area contributed by atoms with Crippen molar-refractivity contribution in [1.82, 2.24) is 35.0 Å². The molecule has 3 heterocycles. The molecule has 0 atom stereocenters. The van der Waals surface area contributed by atoms with Gasteiger partial charge in [0.2, 0.25) is 0 Å². The largest absolute Gasteiger partial charge is 0.418 e. The van der Waals surface area contributed by atoms with Crippen molar-refractivity contribution >= 4 is 21.9 Å². The molecule has 0 spiro atoms. The zero-order valence-electron chi connectivity index (χ0n) is 18.4. The Kier molecular flexibility index (Phi) is 4.82. The number of hydrogen-bond donors (Lipinski definition) is 1. The van der Waals surface area contributed by atoms with Gasteiger partial charge < -0.3 is 0 Å². The third kappa shape index (κ3) is 3.65. The van der Waals surface area contributed by atoms with E-state index in [4.69, 9.17) is 5.26 Å². The minimum Gasteiger partial charge on any atom is -0.278 e. The molecule has 0 saturated carbocycles. The lowest BCUT2D eigenvalue weighted by Crippen LogP contribution is -2.08. The van der Waals surface area contributed by atoms with E-state index in [1.165, 1.54) is 10.9 Å². The van der Waals surface area contributed by atoms with E-state index < -0.39 is 11.7 Å². The second kappa shape index (κ2) is 8.06. The Morgan fingerprint density at radius 1 is 1.00 bits per heavy atom. The van der Waals surface area contributed by atoms with Crippen molar-refractivity contribution in [2.75, 3.05) is 0 Å². The molecule has 36 heavy (non-hydrogen) atoms. The number of nitrogens with zero attached hydrogens (tertiary/aromatic N) is 7. The zero-order chi connectivity index (χ0) is 24.9. The van der Waals surface area contributed by atoms with Gasteiger partial charge in [-0.15, -0.1) is 5.10 Å². The summed E-state index contributed by atoms with van der Waals surface area (Å²) in [5.74, 6) is 0. The Labute approximate surface area is 201 Å². The van der Waals surface area contributed by atoms with Crippen LogP contribution >= 0.6 is 0 Å². The smallest absolute Gasteiger partial charge is 0.278 e. The number of benzene rings is 3. The first kappa shape index (κ1) is 21.5. The lowest BCUT2D eigenvalue weighted by molar-refractivity contribution is -0.136. The second-order valence-electron chi connectivity index (χ2n) is 8.21. The maximum absolute atomic E-state index is 14.1. The first-order valence-electron chi connectivity index (χ1n) is 10.8. The van der Waals surface area contributed by atoms with Gasteiger partial charge in [-0.1, -0.05) is 17.3 Å². The molecule has 0 aliphatic heterocycles. The van der Waals surface area contributed by atoms with Gasteiger partial charge >= 0.3 is 6.18 Å². The number of H-pyrrole nitrogens is 1. The van der Waals surface area contributed by atoms with Crippen LogP contribution in [-0.4, -0.2) is 35.0 Å². The first-order valence-corrected chi connectivity index (χ1v) is 10.8.